The molecule has 33 heavy (non-hydrogen) atoms. The van der Waals surface area contributed by atoms with Crippen molar-refractivity contribution < 1.29 is 13.2 Å². The molecule has 5 rings (SSSR count). The van der Waals surface area contributed by atoms with Crippen LogP contribution in [0.5, 0.6) is 0 Å². The van der Waals surface area contributed by atoms with E-state index in [-0.39, 0.29) is 11.0 Å². The highest BCUT2D eigenvalue weighted by Gasteiger charge is 2.31. The summed E-state index contributed by atoms with van der Waals surface area (Å²) in [7, 11) is 0. The van der Waals surface area contributed by atoms with Crippen molar-refractivity contribution in [3.63, 3.8) is 0 Å². The molecule has 0 aliphatic carbocycles. The smallest absolute Gasteiger partial charge is 0.309 e. The van der Waals surface area contributed by atoms with E-state index in [1.165, 1.54) is 6.07 Å². The lowest BCUT2D eigenvalue weighted by molar-refractivity contribution is -0.137. The summed E-state index contributed by atoms with van der Waals surface area (Å²) in [6, 6.07) is 14.7. The molecule has 2 aromatic carbocycles. The topological polar surface area (TPSA) is 70.6 Å². The van der Waals surface area contributed by atoms with E-state index in [4.69, 9.17) is 21.6 Å². The van der Waals surface area contributed by atoms with Crippen molar-refractivity contribution in [3.8, 4) is 11.4 Å². The number of hydrogen-bond donors (Lipinski definition) is 1. The van der Waals surface area contributed by atoms with Crippen molar-refractivity contribution in [3.05, 3.63) is 71.4 Å². The molecule has 5 aromatic rings. The van der Waals surface area contributed by atoms with E-state index in [9.17, 15) is 13.2 Å². The SMILES string of the molecule is CCN(c1nc(-c2ccc3ccccc3n2)c2[nH]ncc2n1)c1ccc(C(F)(F)F)cc1Cl. The van der Waals surface area contributed by atoms with Crippen molar-refractivity contribution in [2.75, 3.05) is 11.4 Å². The number of H-pyrrole nitrogens is 1. The molecule has 166 valence electrons. The first-order valence-corrected chi connectivity index (χ1v) is 10.4. The lowest BCUT2D eigenvalue weighted by Gasteiger charge is -2.23. The van der Waals surface area contributed by atoms with Gasteiger partial charge in [0.2, 0.25) is 5.95 Å². The molecule has 3 aromatic heterocycles. The molecule has 0 aliphatic rings. The van der Waals surface area contributed by atoms with Crippen molar-refractivity contribution in [1.82, 2.24) is 25.1 Å². The molecule has 3 heterocycles. The monoisotopic (exact) mass is 468 g/mol. The van der Waals surface area contributed by atoms with Gasteiger partial charge in [0.25, 0.3) is 0 Å². The number of nitrogens with zero attached hydrogens (tertiary/aromatic N) is 5. The Morgan fingerprint density at radius 3 is 2.55 bits per heavy atom. The summed E-state index contributed by atoms with van der Waals surface area (Å²) in [6.45, 7) is 2.21. The van der Waals surface area contributed by atoms with Crippen LogP contribution in [0, 0.1) is 0 Å². The standard InChI is InChI=1S/C23H16ClF3N6/c1-2-33(19-10-8-14(11-15(19)24)23(25,26)27)22-30-18-12-28-32-21(18)20(31-22)17-9-7-13-5-3-4-6-16(13)29-17/h3-12H,2H2,1H3,(H,28,32). The molecule has 0 spiro atoms. The molecule has 0 aliphatic heterocycles. The van der Waals surface area contributed by atoms with Crippen LogP contribution < -0.4 is 4.90 Å². The van der Waals surface area contributed by atoms with Crippen molar-refractivity contribution >= 4 is 45.2 Å². The van der Waals surface area contributed by atoms with E-state index in [1.807, 2.05) is 43.3 Å². The number of halogens is 4. The Kier molecular flexibility index (Phi) is 5.13. The van der Waals surface area contributed by atoms with Crippen LogP contribution in [-0.2, 0) is 6.18 Å². The molecule has 0 atom stereocenters. The van der Waals surface area contributed by atoms with Gasteiger partial charge in [0.1, 0.15) is 16.7 Å². The Labute approximate surface area is 191 Å². The first-order valence-electron chi connectivity index (χ1n) is 10.1. The van der Waals surface area contributed by atoms with Gasteiger partial charge in [-0.3, -0.25) is 5.10 Å². The number of benzene rings is 2. The van der Waals surface area contributed by atoms with E-state index in [0.717, 1.165) is 23.0 Å². The van der Waals surface area contributed by atoms with Gasteiger partial charge in [0.05, 0.1) is 33.7 Å². The van der Waals surface area contributed by atoms with Gasteiger partial charge in [-0.2, -0.15) is 18.3 Å². The number of aromatic nitrogens is 5. The summed E-state index contributed by atoms with van der Waals surface area (Å²) >= 11 is 6.25. The summed E-state index contributed by atoms with van der Waals surface area (Å²) in [5.41, 5.74) is 2.65. The highest BCUT2D eigenvalue weighted by molar-refractivity contribution is 6.33. The first kappa shape index (κ1) is 21.1. The third-order valence-corrected chi connectivity index (χ3v) is 5.56. The Balaban J connectivity index is 1.65. The van der Waals surface area contributed by atoms with Crippen LogP contribution in [0.4, 0.5) is 24.8 Å². The third kappa shape index (κ3) is 3.84. The fourth-order valence-electron chi connectivity index (χ4n) is 3.65. The molecular weight excluding hydrogens is 453 g/mol. The molecular formula is C23H16ClF3N6. The van der Waals surface area contributed by atoms with Crippen LogP contribution in [-0.4, -0.2) is 31.7 Å². The van der Waals surface area contributed by atoms with Gasteiger partial charge in [-0.15, -0.1) is 0 Å². The molecule has 0 fully saturated rings. The van der Waals surface area contributed by atoms with Gasteiger partial charge < -0.3 is 4.90 Å². The van der Waals surface area contributed by atoms with Crippen molar-refractivity contribution in [1.29, 1.82) is 0 Å². The van der Waals surface area contributed by atoms with E-state index in [0.29, 0.717) is 34.7 Å². The van der Waals surface area contributed by atoms with Crippen molar-refractivity contribution in [2.24, 2.45) is 0 Å². The Morgan fingerprint density at radius 1 is 0.970 bits per heavy atom. The zero-order chi connectivity index (χ0) is 23.2. The fraction of sp³-hybridized carbons (Fsp3) is 0.130. The zero-order valence-electron chi connectivity index (χ0n) is 17.2. The minimum atomic E-state index is -4.49. The number of para-hydroxylation sites is 1. The van der Waals surface area contributed by atoms with E-state index >= 15 is 0 Å². The average Bonchev–Trinajstić information content (AvgIpc) is 3.28. The van der Waals surface area contributed by atoms with Gasteiger partial charge in [-0.1, -0.05) is 35.9 Å². The summed E-state index contributed by atoms with van der Waals surface area (Å²) in [5.74, 6) is 0.276. The second-order valence-electron chi connectivity index (χ2n) is 7.30. The predicted molar refractivity (Wildman–Crippen MR) is 122 cm³/mol. The van der Waals surface area contributed by atoms with Crippen LogP contribution in [0.15, 0.2) is 60.8 Å². The Bertz CT molecular complexity index is 1480. The number of rotatable bonds is 4. The lowest BCUT2D eigenvalue weighted by Crippen LogP contribution is -2.20. The quantitative estimate of drug-likeness (QED) is 0.330. The maximum Gasteiger partial charge on any atom is 0.416 e. The third-order valence-electron chi connectivity index (χ3n) is 5.25. The van der Waals surface area contributed by atoms with Gasteiger partial charge >= 0.3 is 6.18 Å². The molecule has 0 saturated carbocycles. The van der Waals surface area contributed by atoms with E-state index in [1.54, 1.807) is 11.1 Å². The molecule has 0 amide bonds. The van der Waals surface area contributed by atoms with Gasteiger partial charge in [0, 0.05) is 11.9 Å². The average molecular weight is 469 g/mol. The number of alkyl halides is 3. The zero-order valence-corrected chi connectivity index (χ0v) is 18.0. The lowest BCUT2D eigenvalue weighted by atomic mass is 10.1. The Morgan fingerprint density at radius 2 is 1.79 bits per heavy atom. The van der Waals surface area contributed by atoms with Crippen LogP contribution in [0.25, 0.3) is 33.3 Å². The minimum absolute atomic E-state index is 0.0482. The molecule has 0 radical (unpaired) electrons. The number of anilines is 2. The minimum Gasteiger partial charge on any atom is -0.309 e. The van der Waals surface area contributed by atoms with Crippen LogP contribution in [0.2, 0.25) is 5.02 Å². The number of nitrogens with one attached hydrogen (secondary N) is 1. The number of fused-ring (bicyclic) bond motifs is 2. The second-order valence-corrected chi connectivity index (χ2v) is 7.71. The van der Waals surface area contributed by atoms with Gasteiger partial charge in [-0.25, -0.2) is 15.0 Å². The summed E-state index contributed by atoms with van der Waals surface area (Å²) in [4.78, 5) is 15.6. The molecule has 0 unspecified atom stereocenters. The highest BCUT2D eigenvalue weighted by Crippen LogP contribution is 2.37. The van der Waals surface area contributed by atoms with Gasteiger partial charge in [-0.05, 0) is 37.3 Å². The summed E-state index contributed by atoms with van der Waals surface area (Å²) in [6.07, 6.45) is -2.92. The molecule has 0 saturated heterocycles. The van der Waals surface area contributed by atoms with Crippen LogP contribution in [0.1, 0.15) is 12.5 Å². The molecule has 10 heteroatoms. The second kappa shape index (κ2) is 8.00. The number of hydrogen-bond acceptors (Lipinski definition) is 5. The van der Waals surface area contributed by atoms with Crippen LogP contribution in [0.3, 0.4) is 0 Å². The maximum atomic E-state index is 13.1. The van der Waals surface area contributed by atoms with Crippen LogP contribution >= 0.6 is 11.6 Å². The highest BCUT2D eigenvalue weighted by atomic mass is 35.5. The van der Waals surface area contributed by atoms with E-state index in [2.05, 4.69) is 15.2 Å². The predicted octanol–water partition coefficient (Wildman–Crippen LogP) is 6.40. The normalized spacial score (nSPS) is 11.9. The van der Waals surface area contributed by atoms with Gasteiger partial charge in [0.15, 0.2) is 0 Å². The fourth-order valence-corrected chi connectivity index (χ4v) is 3.94. The number of pyridine rings is 1. The molecule has 0 bridgehead atoms. The van der Waals surface area contributed by atoms with E-state index < -0.39 is 11.7 Å². The maximum absolute atomic E-state index is 13.1. The molecule has 1 N–H and O–H groups in total. The summed E-state index contributed by atoms with van der Waals surface area (Å²) < 4.78 is 39.2. The first-order chi connectivity index (χ1) is 15.8. The Hall–Kier alpha value is -3.72. The largest absolute Gasteiger partial charge is 0.416 e. The number of aromatic amines is 1. The summed E-state index contributed by atoms with van der Waals surface area (Å²) in [5, 5.41) is 7.93. The van der Waals surface area contributed by atoms with Crippen molar-refractivity contribution in [2.45, 2.75) is 13.1 Å². The molecule has 6 nitrogen and oxygen atoms in total.